The summed E-state index contributed by atoms with van der Waals surface area (Å²) in [6, 6.07) is 12.1. The first-order chi connectivity index (χ1) is 12.0. The number of carboxylic acid groups (broad SMARTS) is 1. The van der Waals surface area contributed by atoms with E-state index in [1.165, 1.54) is 18.2 Å². The molecule has 0 atom stereocenters. The first kappa shape index (κ1) is 16.4. The first-order valence-electron chi connectivity index (χ1n) is 7.36. The van der Waals surface area contributed by atoms with E-state index in [0.717, 1.165) is 17.0 Å². The Balaban J connectivity index is 2.11. The second kappa shape index (κ2) is 6.57. The topological polar surface area (TPSA) is 66.0 Å². The number of aromatic nitrogens is 1. The largest absolute Gasteiger partial charge is 0.477 e. The number of fused-ring (bicyclic) bond motifs is 1. The zero-order chi connectivity index (χ0) is 18.0. The molecule has 124 valence electrons. The monoisotopic (exact) mass is 338 g/mol. The van der Waals surface area contributed by atoms with Crippen LogP contribution < -0.4 is 0 Å². The van der Waals surface area contributed by atoms with Crippen molar-refractivity contribution in [1.29, 1.82) is 5.26 Å². The summed E-state index contributed by atoms with van der Waals surface area (Å²) in [7, 11) is 0. The minimum atomic E-state index is -1.31. The number of para-hydroxylation sites is 1. The van der Waals surface area contributed by atoms with E-state index in [4.69, 9.17) is 10.4 Å². The SMILES string of the molecule is N#CC(=Cc1cn(Cc2cc(F)cc(F)c2)c2ccccc12)C(=O)O. The molecule has 0 aliphatic rings. The highest BCUT2D eigenvalue weighted by molar-refractivity contribution is 6.00. The average molecular weight is 338 g/mol. The molecule has 4 nitrogen and oxygen atoms in total. The van der Waals surface area contributed by atoms with Gasteiger partial charge in [0.1, 0.15) is 23.3 Å². The van der Waals surface area contributed by atoms with E-state index in [1.807, 2.05) is 6.07 Å². The van der Waals surface area contributed by atoms with Crippen LogP contribution in [-0.2, 0) is 11.3 Å². The summed E-state index contributed by atoms with van der Waals surface area (Å²) in [4.78, 5) is 11.1. The molecule has 0 radical (unpaired) electrons. The molecule has 0 amide bonds. The molecule has 0 aliphatic heterocycles. The van der Waals surface area contributed by atoms with Gasteiger partial charge in [-0.1, -0.05) is 18.2 Å². The molecule has 0 saturated carbocycles. The Kier molecular flexibility index (Phi) is 4.31. The number of hydrogen-bond donors (Lipinski definition) is 1. The maximum atomic E-state index is 13.4. The van der Waals surface area contributed by atoms with Gasteiger partial charge in [0.05, 0.1) is 0 Å². The molecule has 3 rings (SSSR count). The van der Waals surface area contributed by atoms with Crippen molar-refractivity contribution in [2.45, 2.75) is 6.54 Å². The Morgan fingerprint density at radius 3 is 2.52 bits per heavy atom. The number of hydrogen-bond acceptors (Lipinski definition) is 2. The number of benzene rings is 2. The third-order valence-corrected chi connectivity index (χ3v) is 3.75. The van der Waals surface area contributed by atoms with Gasteiger partial charge >= 0.3 is 5.97 Å². The summed E-state index contributed by atoms with van der Waals surface area (Å²) in [5.74, 6) is -2.64. The van der Waals surface area contributed by atoms with Crippen molar-refractivity contribution in [2.24, 2.45) is 0 Å². The standard InChI is InChI=1S/C19H12F2N2O2/c20-15-5-12(6-16(21)8-15)10-23-11-14(7-13(9-22)19(24)25)17-3-1-2-4-18(17)23/h1-8,11H,10H2,(H,24,25). The summed E-state index contributed by atoms with van der Waals surface area (Å²) in [5.41, 5.74) is 1.36. The number of nitrogens with zero attached hydrogens (tertiary/aromatic N) is 2. The van der Waals surface area contributed by atoms with Gasteiger partial charge in [0.15, 0.2) is 0 Å². The molecule has 6 heteroatoms. The summed E-state index contributed by atoms with van der Waals surface area (Å²) in [6.45, 7) is 0.206. The van der Waals surface area contributed by atoms with Crippen LogP contribution in [-0.4, -0.2) is 15.6 Å². The minimum Gasteiger partial charge on any atom is -0.477 e. The van der Waals surface area contributed by atoms with Crippen molar-refractivity contribution in [3.05, 3.63) is 77.0 Å². The van der Waals surface area contributed by atoms with Crippen LogP contribution in [0.3, 0.4) is 0 Å². The van der Waals surface area contributed by atoms with Crippen LogP contribution in [0, 0.1) is 23.0 Å². The third kappa shape index (κ3) is 3.40. The van der Waals surface area contributed by atoms with E-state index in [9.17, 15) is 13.6 Å². The summed E-state index contributed by atoms with van der Waals surface area (Å²) in [5, 5.41) is 18.7. The lowest BCUT2D eigenvalue weighted by Crippen LogP contribution is -1.99. The van der Waals surface area contributed by atoms with Crippen molar-refractivity contribution in [2.75, 3.05) is 0 Å². The third-order valence-electron chi connectivity index (χ3n) is 3.75. The number of aliphatic carboxylic acids is 1. The van der Waals surface area contributed by atoms with E-state index in [2.05, 4.69) is 0 Å². The number of carboxylic acids is 1. The molecule has 1 N–H and O–H groups in total. The average Bonchev–Trinajstić information content (AvgIpc) is 2.89. The Morgan fingerprint density at radius 2 is 1.88 bits per heavy atom. The molecule has 25 heavy (non-hydrogen) atoms. The van der Waals surface area contributed by atoms with Crippen molar-refractivity contribution in [3.63, 3.8) is 0 Å². The summed E-state index contributed by atoms with van der Waals surface area (Å²) < 4.78 is 28.5. The Bertz CT molecular complexity index is 1020. The zero-order valence-electron chi connectivity index (χ0n) is 12.9. The second-order valence-electron chi connectivity index (χ2n) is 5.48. The van der Waals surface area contributed by atoms with Crippen LogP contribution >= 0.6 is 0 Å². The summed E-state index contributed by atoms with van der Waals surface area (Å²) >= 11 is 0. The molecule has 0 unspecified atom stereocenters. The predicted molar refractivity (Wildman–Crippen MR) is 88.6 cm³/mol. The minimum absolute atomic E-state index is 0.206. The zero-order valence-corrected chi connectivity index (χ0v) is 12.9. The van der Waals surface area contributed by atoms with E-state index >= 15 is 0 Å². The molecule has 0 spiro atoms. The quantitative estimate of drug-likeness (QED) is 0.578. The normalized spacial score (nSPS) is 11.5. The Hall–Kier alpha value is -3.46. The molecule has 0 fully saturated rings. The molecule has 3 aromatic rings. The van der Waals surface area contributed by atoms with Crippen molar-refractivity contribution in [3.8, 4) is 6.07 Å². The van der Waals surface area contributed by atoms with Crippen LogP contribution in [0.25, 0.3) is 17.0 Å². The molecule has 0 saturated heterocycles. The van der Waals surface area contributed by atoms with E-state index < -0.39 is 17.6 Å². The van der Waals surface area contributed by atoms with Gasteiger partial charge in [0.2, 0.25) is 0 Å². The number of halogens is 2. The highest BCUT2D eigenvalue weighted by Crippen LogP contribution is 2.25. The lowest BCUT2D eigenvalue weighted by atomic mass is 10.1. The maximum Gasteiger partial charge on any atom is 0.346 e. The molecule has 2 aromatic carbocycles. The van der Waals surface area contributed by atoms with Gasteiger partial charge in [-0.15, -0.1) is 0 Å². The van der Waals surface area contributed by atoms with E-state index in [-0.39, 0.29) is 12.1 Å². The van der Waals surface area contributed by atoms with Crippen molar-refractivity contribution in [1.82, 2.24) is 4.57 Å². The van der Waals surface area contributed by atoms with Gasteiger partial charge in [0.25, 0.3) is 0 Å². The van der Waals surface area contributed by atoms with Crippen LogP contribution in [0.1, 0.15) is 11.1 Å². The molecular formula is C19H12F2N2O2. The van der Waals surface area contributed by atoms with Gasteiger partial charge in [-0.25, -0.2) is 13.6 Å². The fourth-order valence-electron chi connectivity index (χ4n) is 2.72. The van der Waals surface area contributed by atoms with Crippen molar-refractivity contribution >= 4 is 22.9 Å². The summed E-state index contributed by atoms with van der Waals surface area (Å²) in [6.07, 6.45) is 2.95. The van der Waals surface area contributed by atoms with Gasteiger partial charge in [-0.05, 0) is 29.8 Å². The molecule has 1 aromatic heterocycles. The molecule has 0 bridgehead atoms. The van der Waals surface area contributed by atoms with Gasteiger partial charge in [-0.2, -0.15) is 5.26 Å². The molecule has 0 aliphatic carbocycles. The first-order valence-corrected chi connectivity index (χ1v) is 7.36. The highest BCUT2D eigenvalue weighted by Gasteiger charge is 2.12. The van der Waals surface area contributed by atoms with Crippen LogP contribution in [0.15, 0.2) is 54.2 Å². The second-order valence-corrected chi connectivity index (χ2v) is 5.48. The van der Waals surface area contributed by atoms with Gasteiger partial charge in [-0.3, -0.25) is 0 Å². The number of rotatable bonds is 4. The number of nitriles is 1. The lowest BCUT2D eigenvalue weighted by Gasteiger charge is -2.06. The smallest absolute Gasteiger partial charge is 0.346 e. The number of carbonyl (C=O) groups is 1. The molecular weight excluding hydrogens is 326 g/mol. The van der Waals surface area contributed by atoms with Gasteiger partial charge < -0.3 is 9.67 Å². The fourth-order valence-corrected chi connectivity index (χ4v) is 2.72. The highest BCUT2D eigenvalue weighted by atomic mass is 19.1. The van der Waals surface area contributed by atoms with E-state index in [0.29, 0.717) is 11.1 Å². The molecule has 1 heterocycles. The lowest BCUT2D eigenvalue weighted by molar-refractivity contribution is -0.132. The van der Waals surface area contributed by atoms with Crippen LogP contribution in [0.4, 0.5) is 8.78 Å². The fraction of sp³-hybridized carbons (Fsp3) is 0.0526. The van der Waals surface area contributed by atoms with Crippen LogP contribution in [0.5, 0.6) is 0 Å². The Morgan fingerprint density at radius 1 is 1.20 bits per heavy atom. The predicted octanol–water partition coefficient (Wildman–Crippen LogP) is 3.96. The Labute approximate surface area is 141 Å². The van der Waals surface area contributed by atoms with E-state index in [1.54, 1.807) is 35.0 Å². The van der Waals surface area contributed by atoms with Crippen molar-refractivity contribution < 1.29 is 18.7 Å². The maximum absolute atomic E-state index is 13.4. The van der Waals surface area contributed by atoms with Crippen LogP contribution in [0.2, 0.25) is 0 Å². The van der Waals surface area contributed by atoms with Gasteiger partial charge in [0, 0.05) is 35.3 Å².